The minimum Gasteiger partial charge on any atom is -0.494 e. The first-order valence-electron chi connectivity index (χ1n) is 12.0. The Bertz CT molecular complexity index is 629. The van der Waals surface area contributed by atoms with Crippen LogP contribution in [0.15, 0.2) is 29.4 Å². The Kier molecular flexibility index (Phi) is 15.8. The lowest BCUT2D eigenvalue weighted by Crippen LogP contribution is -2.34. The number of hydrazone groups is 1. The minimum atomic E-state index is -0.338. The Morgan fingerprint density at radius 3 is 2.00 bits per heavy atom. The summed E-state index contributed by atoms with van der Waals surface area (Å²) >= 11 is 0. The monoisotopic (exact) mass is 431 g/mol. The normalized spacial score (nSPS) is 10.9. The zero-order valence-electron chi connectivity index (χ0n) is 19.5. The molecule has 1 rings (SSSR count). The molecule has 6 nitrogen and oxygen atoms in total. The van der Waals surface area contributed by atoms with Crippen LogP contribution in [0, 0.1) is 0 Å². The minimum absolute atomic E-state index is 0.0581. The van der Waals surface area contributed by atoms with E-state index in [0.29, 0.717) is 13.0 Å². The summed E-state index contributed by atoms with van der Waals surface area (Å²) in [6, 6.07) is 7.41. The molecule has 0 saturated heterocycles. The van der Waals surface area contributed by atoms with Crippen LogP contribution in [0.2, 0.25) is 0 Å². The Morgan fingerprint density at radius 1 is 0.839 bits per heavy atom. The van der Waals surface area contributed by atoms with Crippen LogP contribution in [0.3, 0.4) is 0 Å². The zero-order valence-corrected chi connectivity index (χ0v) is 19.5. The number of carbonyl (C=O) groups excluding carboxylic acids is 2. The van der Waals surface area contributed by atoms with Crippen LogP contribution in [0.25, 0.3) is 0 Å². The van der Waals surface area contributed by atoms with Gasteiger partial charge in [-0.1, -0.05) is 71.1 Å². The molecule has 2 amide bonds. The van der Waals surface area contributed by atoms with E-state index in [2.05, 4.69) is 22.8 Å². The molecule has 1 aromatic rings. The fourth-order valence-electron chi connectivity index (χ4n) is 3.25. The van der Waals surface area contributed by atoms with Crippen LogP contribution in [-0.2, 0) is 9.59 Å². The van der Waals surface area contributed by atoms with Gasteiger partial charge in [-0.05, 0) is 43.2 Å². The van der Waals surface area contributed by atoms with Gasteiger partial charge in [0.1, 0.15) is 5.75 Å². The maximum atomic E-state index is 11.8. The first-order chi connectivity index (χ1) is 15.2. The van der Waals surface area contributed by atoms with Gasteiger partial charge in [-0.25, -0.2) is 5.43 Å². The second-order valence-electron chi connectivity index (χ2n) is 7.86. The summed E-state index contributed by atoms with van der Waals surface area (Å²) in [7, 11) is 0. The molecular weight excluding hydrogens is 390 g/mol. The molecule has 0 aliphatic heterocycles. The molecule has 0 radical (unpaired) electrons. The van der Waals surface area contributed by atoms with Crippen molar-refractivity contribution >= 4 is 18.0 Å². The van der Waals surface area contributed by atoms with Gasteiger partial charge < -0.3 is 10.1 Å². The molecule has 0 saturated carbocycles. The zero-order chi connectivity index (χ0) is 22.6. The summed E-state index contributed by atoms with van der Waals surface area (Å²) in [6.45, 7) is 4.74. The van der Waals surface area contributed by atoms with Crippen molar-refractivity contribution < 1.29 is 14.3 Å². The van der Waals surface area contributed by atoms with Crippen molar-refractivity contribution in [2.75, 3.05) is 13.2 Å². The molecule has 0 aliphatic carbocycles. The summed E-state index contributed by atoms with van der Waals surface area (Å²) in [4.78, 5) is 23.6. The predicted octanol–water partition coefficient (Wildman–Crippen LogP) is 5.35. The number of benzene rings is 1. The van der Waals surface area contributed by atoms with E-state index in [1.165, 1.54) is 57.8 Å². The molecule has 31 heavy (non-hydrogen) atoms. The Morgan fingerprint density at radius 2 is 1.42 bits per heavy atom. The maximum absolute atomic E-state index is 11.8. The SMILES string of the molecule is CCCCCCCCCCCCCC(=O)NCC(=O)N/N=C/c1ccc(OCC)cc1. The van der Waals surface area contributed by atoms with Gasteiger partial charge in [-0.2, -0.15) is 5.10 Å². The molecule has 0 aliphatic rings. The molecule has 0 atom stereocenters. The molecule has 2 N–H and O–H groups in total. The van der Waals surface area contributed by atoms with Gasteiger partial charge in [0.25, 0.3) is 5.91 Å². The summed E-state index contributed by atoms with van der Waals surface area (Å²) < 4.78 is 5.38. The quantitative estimate of drug-likeness (QED) is 0.187. The van der Waals surface area contributed by atoms with E-state index in [-0.39, 0.29) is 18.4 Å². The van der Waals surface area contributed by atoms with Crippen LogP contribution in [0.1, 0.15) is 96.5 Å². The van der Waals surface area contributed by atoms with Gasteiger partial charge in [0.15, 0.2) is 0 Å². The van der Waals surface area contributed by atoms with Crippen LogP contribution in [0.5, 0.6) is 5.75 Å². The lowest BCUT2D eigenvalue weighted by Gasteiger charge is -2.05. The number of amides is 2. The number of nitrogens with zero attached hydrogens (tertiary/aromatic N) is 1. The van der Waals surface area contributed by atoms with Crippen molar-refractivity contribution in [1.82, 2.24) is 10.7 Å². The molecule has 0 heterocycles. The van der Waals surface area contributed by atoms with Crippen molar-refractivity contribution in [1.29, 1.82) is 0 Å². The van der Waals surface area contributed by atoms with Crippen molar-refractivity contribution in [2.24, 2.45) is 5.10 Å². The van der Waals surface area contributed by atoms with E-state index in [0.717, 1.165) is 24.2 Å². The summed E-state index contributed by atoms with van der Waals surface area (Å²) in [5.74, 6) is 0.375. The molecule has 0 bridgehead atoms. The van der Waals surface area contributed by atoms with E-state index < -0.39 is 0 Å². The molecule has 0 spiro atoms. The number of ether oxygens (including phenoxy) is 1. The highest BCUT2D eigenvalue weighted by Gasteiger charge is 2.04. The molecular formula is C25H41N3O3. The first-order valence-corrected chi connectivity index (χ1v) is 12.0. The predicted molar refractivity (Wildman–Crippen MR) is 127 cm³/mol. The molecule has 0 unspecified atom stereocenters. The fourth-order valence-corrected chi connectivity index (χ4v) is 3.25. The van der Waals surface area contributed by atoms with E-state index >= 15 is 0 Å². The van der Waals surface area contributed by atoms with Crippen molar-refractivity contribution in [2.45, 2.75) is 90.9 Å². The topological polar surface area (TPSA) is 79.8 Å². The molecule has 1 aromatic carbocycles. The van der Waals surface area contributed by atoms with Crippen molar-refractivity contribution in [3.05, 3.63) is 29.8 Å². The summed E-state index contributed by atoms with van der Waals surface area (Å²) in [5.41, 5.74) is 3.27. The average Bonchev–Trinajstić information content (AvgIpc) is 2.77. The van der Waals surface area contributed by atoms with Crippen LogP contribution in [0.4, 0.5) is 0 Å². The third-order valence-electron chi connectivity index (χ3n) is 5.05. The Hall–Kier alpha value is -2.37. The molecule has 0 fully saturated rings. The Labute approximate surface area is 188 Å². The Balaban J connectivity index is 1.99. The maximum Gasteiger partial charge on any atom is 0.259 e. The average molecular weight is 432 g/mol. The van der Waals surface area contributed by atoms with Gasteiger partial charge in [0.2, 0.25) is 5.91 Å². The number of rotatable bonds is 18. The van der Waals surface area contributed by atoms with Crippen LogP contribution < -0.4 is 15.5 Å². The third-order valence-corrected chi connectivity index (χ3v) is 5.05. The number of carbonyl (C=O) groups is 2. The molecule has 6 heteroatoms. The molecule has 174 valence electrons. The van der Waals surface area contributed by atoms with Gasteiger partial charge in [0, 0.05) is 6.42 Å². The number of hydrogen-bond donors (Lipinski definition) is 2. The van der Waals surface area contributed by atoms with Gasteiger partial charge in [-0.3, -0.25) is 9.59 Å². The smallest absolute Gasteiger partial charge is 0.259 e. The highest BCUT2D eigenvalue weighted by molar-refractivity contribution is 5.86. The third kappa shape index (κ3) is 15.1. The van der Waals surface area contributed by atoms with Gasteiger partial charge in [0.05, 0.1) is 19.4 Å². The van der Waals surface area contributed by atoms with Gasteiger partial charge in [-0.15, -0.1) is 0 Å². The fraction of sp³-hybridized carbons (Fsp3) is 0.640. The number of nitrogens with one attached hydrogen (secondary N) is 2. The van der Waals surface area contributed by atoms with Gasteiger partial charge >= 0.3 is 0 Å². The van der Waals surface area contributed by atoms with Crippen LogP contribution >= 0.6 is 0 Å². The van der Waals surface area contributed by atoms with E-state index in [1.807, 2.05) is 31.2 Å². The summed E-state index contributed by atoms with van der Waals surface area (Å²) in [5, 5.41) is 6.56. The second-order valence-corrected chi connectivity index (χ2v) is 7.86. The van der Waals surface area contributed by atoms with E-state index in [4.69, 9.17) is 4.74 Å². The first kappa shape index (κ1) is 26.7. The standard InChI is InChI=1S/C25H41N3O3/c1-3-5-6-7-8-9-10-11-12-13-14-15-24(29)26-21-25(30)28-27-20-22-16-18-23(19-17-22)31-4-2/h16-20H,3-15,21H2,1-2H3,(H,26,29)(H,28,30)/b27-20+. The van der Waals surface area contributed by atoms with Crippen molar-refractivity contribution in [3.8, 4) is 5.75 Å². The highest BCUT2D eigenvalue weighted by atomic mass is 16.5. The largest absolute Gasteiger partial charge is 0.494 e. The van der Waals surface area contributed by atoms with E-state index in [1.54, 1.807) is 6.21 Å². The number of unbranched alkanes of at least 4 members (excludes halogenated alkanes) is 10. The lowest BCUT2D eigenvalue weighted by molar-refractivity contribution is -0.126. The summed E-state index contributed by atoms with van der Waals surface area (Å²) in [6.07, 6.45) is 15.8. The van der Waals surface area contributed by atoms with Crippen LogP contribution in [-0.4, -0.2) is 31.2 Å². The highest BCUT2D eigenvalue weighted by Crippen LogP contribution is 2.12. The lowest BCUT2D eigenvalue weighted by atomic mass is 10.1. The molecule has 0 aromatic heterocycles. The second kappa shape index (κ2) is 18.4. The number of hydrogen-bond acceptors (Lipinski definition) is 4. The van der Waals surface area contributed by atoms with E-state index in [9.17, 15) is 9.59 Å². The van der Waals surface area contributed by atoms with Crippen molar-refractivity contribution in [3.63, 3.8) is 0 Å².